The summed E-state index contributed by atoms with van der Waals surface area (Å²) in [6, 6.07) is 14.1. The first-order valence-electron chi connectivity index (χ1n) is 10.6. The minimum absolute atomic E-state index is 0.0157. The predicted molar refractivity (Wildman–Crippen MR) is 124 cm³/mol. The molecule has 2 aromatic heterocycles. The number of aromatic nitrogens is 2. The second-order valence-corrected chi connectivity index (χ2v) is 8.05. The zero-order chi connectivity index (χ0) is 22.7. The normalized spacial score (nSPS) is 14.0. The van der Waals surface area contributed by atoms with Crippen LogP contribution in [0.5, 0.6) is 0 Å². The summed E-state index contributed by atoms with van der Waals surface area (Å²) in [5.41, 5.74) is 2.83. The zero-order valence-corrected chi connectivity index (χ0v) is 18.1. The quantitative estimate of drug-likeness (QED) is 0.452. The third-order valence-corrected chi connectivity index (χ3v) is 5.38. The Morgan fingerprint density at radius 3 is 2.62 bits per heavy atom. The number of nitrogens with one attached hydrogen (secondary N) is 2. The molecule has 0 aliphatic carbocycles. The van der Waals surface area contributed by atoms with E-state index in [1.807, 2.05) is 17.0 Å². The van der Waals surface area contributed by atoms with Gasteiger partial charge in [0.25, 0.3) is 11.6 Å². The van der Waals surface area contributed by atoms with Crippen molar-refractivity contribution in [2.45, 2.75) is 19.9 Å². The van der Waals surface area contributed by atoms with Crippen LogP contribution in [0.2, 0.25) is 0 Å². The average molecular weight is 435 g/mol. The summed E-state index contributed by atoms with van der Waals surface area (Å²) < 4.78 is 0. The number of hydrogen-bond acceptors (Lipinski definition) is 6. The summed E-state index contributed by atoms with van der Waals surface area (Å²) in [5, 5.41) is 14.5. The molecule has 1 aromatic carbocycles. The van der Waals surface area contributed by atoms with Gasteiger partial charge in [-0.15, -0.1) is 0 Å². The Kier molecular flexibility index (Phi) is 6.07. The van der Waals surface area contributed by atoms with Gasteiger partial charge < -0.3 is 20.1 Å². The van der Waals surface area contributed by atoms with Gasteiger partial charge in [0.15, 0.2) is 5.82 Å². The monoisotopic (exact) mass is 434 g/mol. The highest BCUT2D eigenvalue weighted by molar-refractivity contribution is 5.93. The number of nitro benzene ring substituents is 1. The molecule has 0 unspecified atom stereocenters. The van der Waals surface area contributed by atoms with Gasteiger partial charge >= 0.3 is 0 Å². The SMILES string of the molecule is CC(C)Nc1cccnc1N1CCN(C(=O)c2ccc(-c3cccc([N+](=O)[O-])c3)[nH]2)CC1. The number of benzene rings is 1. The van der Waals surface area contributed by atoms with E-state index in [2.05, 4.69) is 34.0 Å². The maximum absolute atomic E-state index is 13.0. The molecule has 9 nitrogen and oxygen atoms in total. The van der Waals surface area contributed by atoms with Gasteiger partial charge in [-0.3, -0.25) is 14.9 Å². The number of nitro groups is 1. The summed E-state index contributed by atoms with van der Waals surface area (Å²) in [6.45, 7) is 6.72. The number of anilines is 2. The maximum Gasteiger partial charge on any atom is 0.270 e. The summed E-state index contributed by atoms with van der Waals surface area (Å²) in [6.07, 6.45) is 1.78. The van der Waals surface area contributed by atoms with Crippen molar-refractivity contribution >= 4 is 23.1 Å². The topological polar surface area (TPSA) is 107 Å². The number of pyridine rings is 1. The Morgan fingerprint density at radius 1 is 1.12 bits per heavy atom. The molecule has 9 heteroatoms. The van der Waals surface area contributed by atoms with Crippen LogP contribution in [0, 0.1) is 10.1 Å². The van der Waals surface area contributed by atoms with Crippen LogP contribution in [0.1, 0.15) is 24.3 Å². The Bertz CT molecular complexity index is 1120. The molecule has 1 fully saturated rings. The van der Waals surface area contributed by atoms with Gasteiger partial charge in [0, 0.05) is 61.8 Å². The third-order valence-electron chi connectivity index (χ3n) is 5.38. The van der Waals surface area contributed by atoms with E-state index < -0.39 is 4.92 Å². The van der Waals surface area contributed by atoms with Crippen LogP contribution in [0.25, 0.3) is 11.3 Å². The molecule has 2 N–H and O–H groups in total. The first-order valence-corrected chi connectivity index (χ1v) is 10.6. The number of amides is 1. The van der Waals surface area contributed by atoms with E-state index in [4.69, 9.17) is 0 Å². The summed E-state index contributed by atoms with van der Waals surface area (Å²) in [4.78, 5) is 35.3. The summed E-state index contributed by atoms with van der Waals surface area (Å²) in [5.74, 6) is 0.823. The van der Waals surface area contributed by atoms with E-state index in [1.54, 1.807) is 30.5 Å². The van der Waals surface area contributed by atoms with Gasteiger partial charge in [0.05, 0.1) is 10.6 Å². The van der Waals surface area contributed by atoms with E-state index in [-0.39, 0.29) is 11.6 Å². The van der Waals surface area contributed by atoms with Crippen molar-refractivity contribution in [1.82, 2.24) is 14.9 Å². The van der Waals surface area contributed by atoms with Crippen LogP contribution in [-0.4, -0.2) is 57.9 Å². The minimum Gasteiger partial charge on any atom is -0.380 e. The van der Waals surface area contributed by atoms with Crippen LogP contribution in [0.4, 0.5) is 17.2 Å². The Hall–Kier alpha value is -3.88. The number of rotatable bonds is 6. The Balaban J connectivity index is 1.43. The lowest BCUT2D eigenvalue weighted by atomic mass is 10.1. The fourth-order valence-corrected chi connectivity index (χ4v) is 3.84. The number of aromatic amines is 1. The summed E-state index contributed by atoms with van der Waals surface area (Å²) >= 11 is 0. The van der Waals surface area contributed by atoms with Crippen LogP contribution in [0.15, 0.2) is 54.7 Å². The molecule has 1 saturated heterocycles. The Morgan fingerprint density at radius 2 is 1.91 bits per heavy atom. The second-order valence-electron chi connectivity index (χ2n) is 8.05. The van der Waals surface area contributed by atoms with Crippen molar-refractivity contribution in [3.8, 4) is 11.3 Å². The largest absolute Gasteiger partial charge is 0.380 e. The molecule has 4 rings (SSSR count). The lowest BCUT2D eigenvalue weighted by Gasteiger charge is -2.36. The van der Waals surface area contributed by atoms with Crippen molar-refractivity contribution in [1.29, 1.82) is 0 Å². The fraction of sp³-hybridized carbons (Fsp3) is 0.304. The molecular weight excluding hydrogens is 408 g/mol. The lowest BCUT2D eigenvalue weighted by Crippen LogP contribution is -2.49. The number of non-ortho nitro benzene ring substituents is 1. The van der Waals surface area contributed by atoms with Gasteiger partial charge in [0.2, 0.25) is 0 Å². The van der Waals surface area contributed by atoms with E-state index in [0.717, 1.165) is 11.5 Å². The number of H-pyrrole nitrogens is 1. The highest BCUT2D eigenvalue weighted by atomic mass is 16.6. The standard InChI is InChI=1S/C23H26N6O3/c1-16(2)25-20-7-4-10-24-22(20)27-11-13-28(14-12-27)23(30)21-9-8-19(26-21)17-5-3-6-18(15-17)29(31)32/h3-10,15-16,25-26H,11-14H2,1-2H3. The number of nitrogens with zero attached hydrogens (tertiary/aromatic N) is 4. The minimum atomic E-state index is -0.429. The van der Waals surface area contributed by atoms with Gasteiger partial charge in [-0.05, 0) is 38.1 Å². The molecule has 1 aliphatic rings. The van der Waals surface area contributed by atoms with Crippen LogP contribution in [0.3, 0.4) is 0 Å². The van der Waals surface area contributed by atoms with Gasteiger partial charge in [-0.2, -0.15) is 0 Å². The zero-order valence-electron chi connectivity index (χ0n) is 18.1. The van der Waals surface area contributed by atoms with E-state index in [9.17, 15) is 14.9 Å². The van der Waals surface area contributed by atoms with Gasteiger partial charge in [-0.25, -0.2) is 4.98 Å². The van der Waals surface area contributed by atoms with E-state index in [1.165, 1.54) is 12.1 Å². The number of hydrogen-bond donors (Lipinski definition) is 2. The van der Waals surface area contributed by atoms with Crippen molar-refractivity contribution in [3.05, 3.63) is 70.5 Å². The van der Waals surface area contributed by atoms with Crippen molar-refractivity contribution < 1.29 is 9.72 Å². The smallest absolute Gasteiger partial charge is 0.270 e. The molecule has 32 heavy (non-hydrogen) atoms. The molecular formula is C23H26N6O3. The molecule has 166 valence electrons. The van der Waals surface area contributed by atoms with Crippen molar-refractivity contribution in [3.63, 3.8) is 0 Å². The molecule has 3 heterocycles. The first kappa shape index (κ1) is 21.4. The molecule has 1 amide bonds. The van der Waals surface area contributed by atoms with E-state index in [0.29, 0.717) is 49.2 Å². The first-order chi connectivity index (χ1) is 15.4. The van der Waals surface area contributed by atoms with E-state index >= 15 is 0 Å². The number of piperazine rings is 1. The molecule has 3 aromatic rings. The Labute approximate surface area is 186 Å². The maximum atomic E-state index is 13.0. The second kappa shape index (κ2) is 9.09. The molecule has 0 saturated carbocycles. The number of carbonyl (C=O) groups excluding carboxylic acids is 1. The molecule has 0 bridgehead atoms. The molecule has 0 atom stereocenters. The predicted octanol–water partition coefficient (Wildman–Crippen LogP) is 3.77. The molecule has 1 aliphatic heterocycles. The van der Waals surface area contributed by atoms with Gasteiger partial charge in [0.1, 0.15) is 5.69 Å². The van der Waals surface area contributed by atoms with Gasteiger partial charge in [-0.1, -0.05) is 12.1 Å². The fourth-order valence-electron chi connectivity index (χ4n) is 3.84. The van der Waals surface area contributed by atoms with Crippen molar-refractivity contribution in [2.24, 2.45) is 0 Å². The lowest BCUT2D eigenvalue weighted by molar-refractivity contribution is -0.384. The third kappa shape index (κ3) is 4.56. The highest BCUT2D eigenvalue weighted by Gasteiger charge is 2.25. The van der Waals surface area contributed by atoms with Crippen LogP contribution >= 0.6 is 0 Å². The highest BCUT2D eigenvalue weighted by Crippen LogP contribution is 2.26. The van der Waals surface area contributed by atoms with Crippen LogP contribution in [-0.2, 0) is 0 Å². The number of carbonyl (C=O) groups is 1. The summed E-state index contributed by atoms with van der Waals surface area (Å²) in [7, 11) is 0. The van der Waals surface area contributed by atoms with Crippen LogP contribution < -0.4 is 10.2 Å². The van der Waals surface area contributed by atoms with Crippen molar-refractivity contribution in [2.75, 3.05) is 36.4 Å². The molecule has 0 spiro atoms. The average Bonchev–Trinajstić information content (AvgIpc) is 3.29. The molecule has 0 radical (unpaired) electrons.